The summed E-state index contributed by atoms with van der Waals surface area (Å²) in [6, 6.07) is 13.2. The van der Waals surface area contributed by atoms with Crippen molar-refractivity contribution >= 4 is 35.2 Å². The van der Waals surface area contributed by atoms with Crippen LogP contribution in [0.1, 0.15) is 12.5 Å². The molecular formula is C20H17ClN2O5. The standard InChI is InChI=1S/C20H17ClN2O5/c1-2-27-18-10-13(7-8-17(18)28-12-19(24)25)9-14(11-22)20(26)23-16-6-4-3-5-15(16)21/h3-10H,2,12H2,1H3,(H,23,26)(H,24,25)/b14-9+. The van der Waals surface area contributed by atoms with Crippen LogP contribution in [-0.2, 0) is 9.59 Å². The zero-order valence-electron chi connectivity index (χ0n) is 14.9. The van der Waals surface area contributed by atoms with Crippen LogP contribution < -0.4 is 14.8 Å². The number of halogens is 1. The quantitative estimate of drug-likeness (QED) is 0.516. The van der Waals surface area contributed by atoms with Gasteiger partial charge < -0.3 is 19.9 Å². The van der Waals surface area contributed by atoms with E-state index >= 15 is 0 Å². The molecule has 2 rings (SSSR count). The molecule has 0 fully saturated rings. The van der Waals surface area contributed by atoms with Crippen molar-refractivity contribution in [2.75, 3.05) is 18.5 Å². The van der Waals surface area contributed by atoms with Gasteiger partial charge in [-0.2, -0.15) is 5.26 Å². The molecule has 7 nitrogen and oxygen atoms in total. The summed E-state index contributed by atoms with van der Waals surface area (Å²) in [6.07, 6.45) is 1.38. The first kappa shape index (κ1) is 20.8. The summed E-state index contributed by atoms with van der Waals surface area (Å²) in [6.45, 7) is 1.58. The monoisotopic (exact) mass is 400 g/mol. The van der Waals surface area contributed by atoms with Gasteiger partial charge in [-0.05, 0) is 42.8 Å². The van der Waals surface area contributed by atoms with Crippen molar-refractivity contribution in [2.24, 2.45) is 0 Å². The van der Waals surface area contributed by atoms with Gasteiger partial charge in [0.05, 0.1) is 17.3 Å². The van der Waals surface area contributed by atoms with Crippen LogP contribution in [0.15, 0.2) is 48.0 Å². The highest BCUT2D eigenvalue weighted by atomic mass is 35.5. The number of carboxylic acids is 1. The summed E-state index contributed by atoms with van der Waals surface area (Å²) in [5.41, 5.74) is 0.765. The van der Waals surface area contributed by atoms with Crippen molar-refractivity contribution < 1.29 is 24.2 Å². The smallest absolute Gasteiger partial charge is 0.341 e. The normalized spacial score (nSPS) is 10.7. The number of carbonyl (C=O) groups is 2. The summed E-state index contributed by atoms with van der Waals surface area (Å²) in [4.78, 5) is 23.1. The molecule has 0 atom stereocenters. The number of carboxylic acid groups (broad SMARTS) is 1. The predicted octanol–water partition coefficient (Wildman–Crippen LogP) is 3.75. The Bertz CT molecular complexity index is 950. The van der Waals surface area contributed by atoms with E-state index in [2.05, 4.69) is 5.32 Å². The van der Waals surface area contributed by atoms with Crippen LogP contribution >= 0.6 is 11.6 Å². The molecule has 0 saturated carbocycles. The van der Waals surface area contributed by atoms with Crippen LogP contribution in [-0.4, -0.2) is 30.2 Å². The molecular weight excluding hydrogens is 384 g/mol. The molecule has 28 heavy (non-hydrogen) atoms. The Morgan fingerprint density at radius 3 is 2.61 bits per heavy atom. The van der Waals surface area contributed by atoms with Crippen LogP contribution in [0.25, 0.3) is 6.08 Å². The minimum Gasteiger partial charge on any atom is -0.490 e. The third kappa shape index (κ3) is 5.76. The predicted molar refractivity (Wildman–Crippen MR) is 104 cm³/mol. The SMILES string of the molecule is CCOc1cc(/C=C(\C#N)C(=O)Nc2ccccc2Cl)ccc1OCC(=O)O. The van der Waals surface area contributed by atoms with Gasteiger partial charge in [0, 0.05) is 0 Å². The molecule has 2 aromatic carbocycles. The molecule has 0 aliphatic heterocycles. The summed E-state index contributed by atoms with van der Waals surface area (Å²) < 4.78 is 10.6. The second-order valence-corrected chi connectivity index (χ2v) is 5.83. The van der Waals surface area contributed by atoms with Crippen molar-refractivity contribution in [1.29, 1.82) is 5.26 Å². The number of nitriles is 1. The van der Waals surface area contributed by atoms with E-state index < -0.39 is 18.5 Å². The number of aliphatic carboxylic acids is 1. The van der Waals surface area contributed by atoms with Crippen molar-refractivity contribution in [3.8, 4) is 17.6 Å². The van der Waals surface area contributed by atoms with Gasteiger partial charge in [0.2, 0.25) is 0 Å². The molecule has 0 radical (unpaired) electrons. The van der Waals surface area contributed by atoms with Crippen LogP contribution in [0.4, 0.5) is 5.69 Å². The van der Waals surface area contributed by atoms with E-state index in [0.717, 1.165) is 0 Å². The summed E-state index contributed by atoms with van der Waals surface area (Å²) in [5, 5.41) is 21.0. The van der Waals surface area contributed by atoms with E-state index in [-0.39, 0.29) is 11.3 Å². The van der Waals surface area contributed by atoms with E-state index in [1.54, 1.807) is 43.3 Å². The van der Waals surface area contributed by atoms with E-state index in [0.29, 0.717) is 28.6 Å². The highest BCUT2D eigenvalue weighted by Crippen LogP contribution is 2.29. The molecule has 2 aromatic rings. The highest BCUT2D eigenvalue weighted by Gasteiger charge is 2.13. The maximum Gasteiger partial charge on any atom is 0.341 e. The van der Waals surface area contributed by atoms with Gasteiger partial charge in [0.15, 0.2) is 18.1 Å². The van der Waals surface area contributed by atoms with Gasteiger partial charge in [0.25, 0.3) is 5.91 Å². The summed E-state index contributed by atoms with van der Waals surface area (Å²) >= 11 is 6.01. The van der Waals surface area contributed by atoms with E-state index in [9.17, 15) is 14.9 Å². The number of hydrogen-bond donors (Lipinski definition) is 2. The van der Waals surface area contributed by atoms with Gasteiger partial charge in [0.1, 0.15) is 11.6 Å². The molecule has 0 unspecified atom stereocenters. The molecule has 0 spiro atoms. The Kier molecular flexibility index (Phi) is 7.43. The van der Waals surface area contributed by atoms with Crippen molar-refractivity contribution in [2.45, 2.75) is 6.92 Å². The molecule has 144 valence electrons. The van der Waals surface area contributed by atoms with E-state index in [1.807, 2.05) is 6.07 Å². The Morgan fingerprint density at radius 2 is 1.96 bits per heavy atom. The molecule has 2 N–H and O–H groups in total. The number of para-hydroxylation sites is 1. The number of hydrogen-bond acceptors (Lipinski definition) is 5. The number of amides is 1. The molecule has 0 aliphatic carbocycles. The number of anilines is 1. The molecule has 8 heteroatoms. The fourth-order valence-electron chi connectivity index (χ4n) is 2.21. The minimum absolute atomic E-state index is 0.137. The fourth-order valence-corrected chi connectivity index (χ4v) is 2.39. The lowest BCUT2D eigenvalue weighted by atomic mass is 10.1. The highest BCUT2D eigenvalue weighted by molar-refractivity contribution is 6.34. The van der Waals surface area contributed by atoms with Crippen LogP contribution in [0.2, 0.25) is 5.02 Å². The third-order valence-electron chi connectivity index (χ3n) is 3.42. The van der Waals surface area contributed by atoms with Gasteiger partial charge in [-0.25, -0.2) is 4.79 Å². The van der Waals surface area contributed by atoms with Crippen molar-refractivity contribution in [3.63, 3.8) is 0 Å². The number of benzene rings is 2. The molecule has 0 saturated heterocycles. The second kappa shape index (κ2) is 10.00. The molecule has 1 amide bonds. The van der Waals surface area contributed by atoms with Crippen LogP contribution in [0.5, 0.6) is 11.5 Å². The second-order valence-electron chi connectivity index (χ2n) is 5.43. The first-order valence-corrected chi connectivity index (χ1v) is 8.61. The lowest BCUT2D eigenvalue weighted by Gasteiger charge is -2.11. The van der Waals surface area contributed by atoms with Crippen LogP contribution in [0.3, 0.4) is 0 Å². The molecule has 0 aromatic heterocycles. The zero-order chi connectivity index (χ0) is 20.5. The topological polar surface area (TPSA) is 109 Å². The van der Waals surface area contributed by atoms with Crippen molar-refractivity contribution in [3.05, 3.63) is 58.6 Å². The Labute approximate surface area is 166 Å². The van der Waals surface area contributed by atoms with E-state index in [4.69, 9.17) is 26.2 Å². The van der Waals surface area contributed by atoms with Gasteiger partial charge in [-0.3, -0.25) is 4.79 Å². The van der Waals surface area contributed by atoms with Gasteiger partial charge in [-0.15, -0.1) is 0 Å². The Hall–Kier alpha value is -3.50. The fraction of sp³-hybridized carbons (Fsp3) is 0.150. The average Bonchev–Trinajstić information content (AvgIpc) is 2.67. The number of ether oxygens (including phenoxy) is 2. The first-order valence-electron chi connectivity index (χ1n) is 8.23. The minimum atomic E-state index is -1.12. The lowest BCUT2D eigenvalue weighted by Crippen LogP contribution is -2.13. The molecule has 0 aliphatic rings. The largest absolute Gasteiger partial charge is 0.490 e. The van der Waals surface area contributed by atoms with Crippen LogP contribution in [0, 0.1) is 11.3 Å². The average molecular weight is 401 g/mol. The lowest BCUT2D eigenvalue weighted by molar-refractivity contribution is -0.139. The molecule has 0 heterocycles. The van der Waals surface area contributed by atoms with Gasteiger partial charge >= 0.3 is 5.97 Å². The summed E-state index contributed by atoms with van der Waals surface area (Å²) in [5.74, 6) is -1.17. The van der Waals surface area contributed by atoms with E-state index in [1.165, 1.54) is 12.1 Å². The zero-order valence-corrected chi connectivity index (χ0v) is 15.7. The Balaban J connectivity index is 2.26. The number of nitrogens with zero attached hydrogens (tertiary/aromatic N) is 1. The van der Waals surface area contributed by atoms with Crippen molar-refractivity contribution in [1.82, 2.24) is 0 Å². The van der Waals surface area contributed by atoms with Gasteiger partial charge in [-0.1, -0.05) is 29.8 Å². The first-order chi connectivity index (χ1) is 13.4. The number of carbonyl (C=O) groups excluding carboxylic acids is 1. The maximum atomic E-state index is 12.4. The third-order valence-corrected chi connectivity index (χ3v) is 3.75. The Morgan fingerprint density at radius 1 is 1.21 bits per heavy atom. The number of rotatable bonds is 8. The molecule has 0 bridgehead atoms. The number of nitrogens with one attached hydrogen (secondary N) is 1. The summed E-state index contributed by atoms with van der Waals surface area (Å²) in [7, 11) is 0. The maximum absolute atomic E-state index is 12.4.